The molecule has 2 heteroatoms. The Bertz CT molecular complexity index is 1050. The van der Waals surface area contributed by atoms with E-state index < -0.39 is 0 Å². The summed E-state index contributed by atoms with van der Waals surface area (Å²) < 4.78 is 6.08. The minimum absolute atomic E-state index is 0.0117. The molecule has 4 aliphatic rings. The molecule has 0 N–H and O–H groups in total. The van der Waals surface area contributed by atoms with E-state index in [1.165, 1.54) is 56.9 Å². The van der Waals surface area contributed by atoms with E-state index >= 15 is 0 Å². The predicted molar refractivity (Wildman–Crippen MR) is 163 cm³/mol. The molecule has 4 unspecified atom stereocenters. The molecule has 5 rings (SSSR count). The largest absolute Gasteiger partial charge is 0.458 e. The Morgan fingerprint density at radius 3 is 2.51 bits per heavy atom. The van der Waals surface area contributed by atoms with Gasteiger partial charge in [-0.1, -0.05) is 83.7 Å². The standard InChI is InChI=1S/C37H54O2/c1-7-9-27-12-14-28(15-13-27)35(38)39-30-20-22-36(5)29(24-30)16-17-31-33-19-18-32(26(4)11-8-10-25(2)3)37(33,6)23-21-34(31)36/h7,12-16,25-26,30-34H,1,8-11,17-24H2,2-6H3/t26-,30?,31?,32-,33?,34?,36+,37-/m1/s1. The molecule has 0 aromatic heterocycles. The van der Waals surface area contributed by atoms with Gasteiger partial charge >= 0.3 is 5.97 Å². The Morgan fingerprint density at radius 2 is 1.79 bits per heavy atom. The van der Waals surface area contributed by atoms with Crippen LogP contribution in [0.15, 0.2) is 48.6 Å². The molecule has 0 spiro atoms. The smallest absolute Gasteiger partial charge is 0.338 e. The van der Waals surface area contributed by atoms with E-state index in [4.69, 9.17) is 4.74 Å². The molecule has 0 saturated heterocycles. The number of carbonyl (C=O) groups excluding carboxylic acids is 1. The van der Waals surface area contributed by atoms with Gasteiger partial charge in [-0.25, -0.2) is 4.79 Å². The van der Waals surface area contributed by atoms with Crippen LogP contribution in [-0.4, -0.2) is 12.1 Å². The summed E-state index contributed by atoms with van der Waals surface area (Å²) in [5.74, 6) is 4.98. The van der Waals surface area contributed by atoms with Crippen molar-refractivity contribution in [2.45, 2.75) is 118 Å². The van der Waals surface area contributed by atoms with Crippen molar-refractivity contribution >= 4 is 5.97 Å². The Hall–Kier alpha value is -1.83. The fraction of sp³-hybridized carbons (Fsp3) is 0.703. The van der Waals surface area contributed by atoms with E-state index in [1.807, 2.05) is 30.3 Å². The van der Waals surface area contributed by atoms with E-state index in [1.54, 1.807) is 5.57 Å². The monoisotopic (exact) mass is 530 g/mol. The van der Waals surface area contributed by atoms with Crippen LogP contribution in [0.1, 0.15) is 121 Å². The van der Waals surface area contributed by atoms with Gasteiger partial charge < -0.3 is 4.74 Å². The summed E-state index contributed by atoms with van der Waals surface area (Å²) in [5.41, 5.74) is 4.26. The first-order valence-corrected chi connectivity index (χ1v) is 16.3. The van der Waals surface area contributed by atoms with Crippen molar-refractivity contribution in [3.63, 3.8) is 0 Å². The van der Waals surface area contributed by atoms with E-state index in [9.17, 15) is 4.79 Å². The molecule has 0 aliphatic heterocycles. The van der Waals surface area contributed by atoms with Crippen LogP contribution >= 0.6 is 0 Å². The van der Waals surface area contributed by atoms with Gasteiger partial charge in [-0.15, -0.1) is 6.58 Å². The van der Waals surface area contributed by atoms with E-state index in [2.05, 4.69) is 47.3 Å². The predicted octanol–water partition coefficient (Wildman–Crippen LogP) is 9.98. The highest BCUT2D eigenvalue weighted by Crippen LogP contribution is 2.67. The van der Waals surface area contributed by atoms with Crippen LogP contribution < -0.4 is 0 Å². The number of allylic oxidation sites excluding steroid dienone is 2. The maximum atomic E-state index is 12.9. The van der Waals surface area contributed by atoms with E-state index in [0.29, 0.717) is 16.4 Å². The number of hydrogen-bond acceptors (Lipinski definition) is 2. The number of rotatable bonds is 9. The van der Waals surface area contributed by atoms with Crippen molar-refractivity contribution in [1.29, 1.82) is 0 Å². The summed E-state index contributed by atoms with van der Waals surface area (Å²) in [6.45, 7) is 16.4. The molecule has 0 heterocycles. The second-order valence-corrected chi connectivity index (χ2v) is 14.7. The summed E-state index contributed by atoms with van der Waals surface area (Å²) in [6.07, 6.45) is 19.6. The van der Waals surface area contributed by atoms with Crippen LogP contribution in [0.25, 0.3) is 0 Å². The molecule has 3 fully saturated rings. The van der Waals surface area contributed by atoms with Gasteiger partial charge in [0.25, 0.3) is 0 Å². The number of carbonyl (C=O) groups is 1. The Kier molecular flexibility index (Phi) is 8.52. The highest BCUT2D eigenvalue weighted by atomic mass is 16.5. The third kappa shape index (κ3) is 5.56. The zero-order valence-electron chi connectivity index (χ0n) is 25.5. The molecule has 4 aliphatic carbocycles. The van der Waals surface area contributed by atoms with Gasteiger partial charge in [0, 0.05) is 6.42 Å². The number of ether oxygens (including phenoxy) is 1. The fourth-order valence-electron chi connectivity index (χ4n) is 9.92. The maximum absolute atomic E-state index is 12.9. The normalized spacial score (nSPS) is 36.4. The molecule has 0 bridgehead atoms. The summed E-state index contributed by atoms with van der Waals surface area (Å²) in [6, 6.07) is 7.82. The molecule has 1 aromatic rings. The van der Waals surface area contributed by atoms with Gasteiger partial charge in [-0.2, -0.15) is 0 Å². The highest BCUT2D eigenvalue weighted by molar-refractivity contribution is 5.89. The summed E-state index contributed by atoms with van der Waals surface area (Å²) in [7, 11) is 0. The molecule has 214 valence electrons. The van der Waals surface area contributed by atoms with Crippen LogP contribution in [-0.2, 0) is 11.2 Å². The summed E-state index contributed by atoms with van der Waals surface area (Å²) >= 11 is 0. The molecular formula is C37H54O2. The second kappa shape index (κ2) is 11.6. The lowest BCUT2D eigenvalue weighted by Gasteiger charge is -2.58. The molecule has 1 aromatic carbocycles. The number of esters is 1. The topological polar surface area (TPSA) is 26.3 Å². The van der Waals surface area contributed by atoms with Crippen LogP contribution in [0.4, 0.5) is 0 Å². The van der Waals surface area contributed by atoms with Gasteiger partial charge in [0.05, 0.1) is 5.56 Å². The molecular weight excluding hydrogens is 476 g/mol. The minimum Gasteiger partial charge on any atom is -0.458 e. The van der Waals surface area contributed by atoms with Crippen LogP contribution in [0, 0.1) is 46.3 Å². The average Bonchev–Trinajstić information content (AvgIpc) is 3.26. The first-order valence-electron chi connectivity index (χ1n) is 16.3. The minimum atomic E-state index is -0.170. The number of hydrogen-bond donors (Lipinski definition) is 0. The Morgan fingerprint density at radius 1 is 1.03 bits per heavy atom. The van der Waals surface area contributed by atoms with Crippen LogP contribution in [0.5, 0.6) is 0 Å². The quantitative estimate of drug-likeness (QED) is 0.234. The molecule has 0 radical (unpaired) electrons. The van der Waals surface area contributed by atoms with Crippen molar-refractivity contribution < 1.29 is 9.53 Å². The van der Waals surface area contributed by atoms with Crippen molar-refractivity contribution in [3.8, 4) is 0 Å². The summed E-state index contributed by atoms with van der Waals surface area (Å²) in [5, 5.41) is 0. The van der Waals surface area contributed by atoms with Crippen LogP contribution in [0.3, 0.4) is 0 Å². The van der Waals surface area contributed by atoms with E-state index in [0.717, 1.165) is 61.2 Å². The highest BCUT2D eigenvalue weighted by Gasteiger charge is 2.59. The van der Waals surface area contributed by atoms with Gasteiger partial charge in [0.2, 0.25) is 0 Å². The number of benzene rings is 1. The van der Waals surface area contributed by atoms with Gasteiger partial charge in [-0.05, 0) is 115 Å². The van der Waals surface area contributed by atoms with Crippen molar-refractivity contribution in [3.05, 3.63) is 59.7 Å². The van der Waals surface area contributed by atoms with Gasteiger partial charge in [-0.3, -0.25) is 0 Å². The molecule has 8 atom stereocenters. The SMILES string of the molecule is C=CCc1ccc(C(=O)OC2CC[C@@]3(C)C(=CCC4C3CC[C@@]3(C)C4CC[C@@H]3[C@H](C)CCCC(C)C)C2)cc1. The third-order valence-corrected chi connectivity index (χ3v) is 12.1. The summed E-state index contributed by atoms with van der Waals surface area (Å²) in [4.78, 5) is 12.9. The third-order valence-electron chi connectivity index (χ3n) is 12.1. The number of fused-ring (bicyclic) bond motifs is 5. The van der Waals surface area contributed by atoms with Crippen LogP contribution in [0.2, 0.25) is 0 Å². The maximum Gasteiger partial charge on any atom is 0.338 e. The van der Waals surface area contributed by atoms with Crippen molar-refractivity contribution in [2.24, 2.45) is 46.3 Å². The van der Waals surface area contributed by atoms with Crippen molar-refractivity contribution in [1.82, 2.24) is 0 Å². The van der Waals surface area contributed by atoms with E-state index in [-0.39, 0.29) is 12.1 Å². The molecule has 2 nitrogen and oxygen atoms in total. The molecule has 3 saturated carbocycles. The Labute approximate surface area is 239 Å². The molecule has 39 heavy (non-hydrogen) atoms. The zero-order valence-corrected chi connectivity index (χ0v) is 25.5. The zero-order chi connectivity index (χ0) is 27.8. The second-order valence-electron chi connectivity index (χ2n) is 14.7. The lowest BCUT2D eigenvalue weighted by Crippen LogP contribution is -2.51. The average molecular weight is 531 g/mol. The first kappa shape index (κ1) is 28.7. The van der Waals surface area contributed by atoms with Gasteiger partial charge in [0.1, 0.15) is 6.10 Å². The lowest BCUT2D eigenvalue weighted by molar-refractivity contribution is -0.0594. The van der Waals surface area contributed by atoms with Gasteiger partial charge in [0.15, 0.2) is 0 Å². The first-order chi connectivity index (χ1) is 18.7. The lowest BCUT2D eigenvalue weighted by atomic mass is 9.47. The van der Waals surface area contributed by atoms with Crippen molar-refractivity contribution in [2.75, 3.05) is 0 Å². The Balaban J connectivity index is 1.23. The molecule has 0 amide bonds. The fourth-order valence-corrected chi connectivity index (χ4v) is 9.92.